The number of hydrogen-bond donors (Lipinski definition) is 1. The van der Waals surface area contributed by atoms with Crippen molar-refractivity contribution in [3.05, 3.63) is 78.0 Å². The molecule has 0 unspecified atom stereocenters. The summed E-state index contributed by atoms with van der Waals surface area (Å²) in [5.74, 6) is 0.845. The number of carbonyl (C=O) groups excluding carboxylic acids is 1. The predicted octanol–water partition coefficient (Wildman–Crippen LogP) is 2.97. The van der Waals surface area contributed by atoms with Crippen LogP contribution in [0.3, 0.4) is 0 Å². The van der Waals surface area contributed by atoms with Crippen LogP contribution in [-0.4, -0.2) is 40.1 Å². The molecule has 2 N–H and O–H groups in total. The number of aromatic nitrogens is 3. The maximum Gasteiger partial charge on any atom is 0.228 e. The Balaban J connectivity index is 1.41. The lowest BCUT2D eigenvalue weighted by Crippen LogP contribution is -2.27. The number of hydrogen-bond acceptors (Lipinski definition) is 6. The number of nitrogens with two attached hydrogens (primary N) is 1. The SMILES string of the molecule is CN(Cc1cccc(C#N)c1)c1ccc2ncc(-c3ccc(N4C[C@@H](N)CC4=O)cc3)n2n1. The Morgan fingerprint density at radius 1 is 1.18 bits per heavy atom. The van der Waals surface area contributed by atoms with E-state index < -0.39 is 0 Å². The molecule has 1 atom stereocenters. The van der Waals surface area contributed by atoms with E-state index >= 15 is 0 Å². The van der Waals surface area contributed by atoms with E-state index in [1.54, 1.807) is 17.2 Å². The van der Waals surface area contributed by atoms with Crippen LogP contribution in [0.25, 0.3) is 16.9 Å². The molecule has 1 amide bonds. The Morgan fingerprint density at radius 3 is 2.73 bits per heavy atom. The summed E-state index contributed by atoms with van der Waals surface area (Å²) in [4.78, 5) is 20.4. The summed E-state index contributed by atoms with van der Waals surface area (Å²) in [6, 6.07) is 21.3. The molecule has 8 nitrogen and oxygen atoms in total. The van der Waals surface area contributed by atoms with E-state index in [0.29, 0.717) is 25.1 Å². The van der Waals surface area contributed by atoms with Gasteiger partial charge in [-0.2, -0.15) is 5.26 Å². The number of anilines is 2. The largest absolute Gasteiger partial charge is 0.354 e. The maximum absolute atomic E-state index is 12.1. The van der Waals surface area contributed by atoms with Crippen molar-refractivity contribution in [3.63, 3.8) is 0 Å². The molecule has 0 bridgehead atoms. The molecule has 5 rings (SSSR count). The van der Waals surface area contributed by atoms with E-state index in [9.17, 15) is 4.79 Å². The monoisotopic (exact) mass is 437 g/mol. The number of amides is 1. The van der Waals surface area contributed by atoms with Crippen LogP contribution in [-0.2, 0) is 11.3 Å². The summed E-state index contributed by atoms with van der Waals surface area (Å²) in [6.07, 6.45) is 2.18. The maximum atomic E-state index is 12.1. The minimum Gasteiger partial charge on any atom is -0.354 e. The van der Waals surface area contributed by atoms with Crippen molar-refractivity contribution in [2.45, 2.75) is 19.0 Å². The average Bonchev–Trinajstić information content (AvgIpc) is 3.41. The molecule has 3 heterocycles. The van der Waals surface area contributed by atoms with Gasteiger partial charge in [0.15, 0.2) is 5.65 Å². The van der Waals surface area contributed by atoms with Crippen molar-refractivity contribution in [3.8, 4) is 17.3 Å². The van der Waals surface area contributed by atoms with Crippen molar-refractivity contribution >= 4 is 23.1 Å². The smallest absolute Gasteiger partial charge is 0.228 e. The number of nitriles is 1. The van der Waals surface area contributed by atoms with Crippen molar-refractivity contribution in [1.82, 2.24) is 14.6 Å². The fraction of sp³-hybridized carbons (Fsp3) is 0.200. The number of imidazole rings is 1. The van der Waals surface area contributed by atoms with Crippen LogP contribution in [0.4, 0.5) is 11.5 Å². The molecule has 164 valence electrons. The predicted molar refractivity (Wildman–Crippen MR) is 127 cm³/mol. The molecular weight excluding hydrogens is 414 g/mol. The molecule has 0 spiro atoms. The summed E-state index contributed by atoms with van der Waals surface area (Å²) in [5, 5.41) is 13.9. The van der Waals surface area contributed by atoms with Crippen LogP contribution in [0.15, 0.2) is 66.9 Å². The number of rotatable bonds is 5. The summed E-state index contributed by atoms with van der Waals surface area (Å²) in [5.41, 5.74) is 11.0. The van der Waals surface area contributed by atoms with Gasteiger partial charge in [-0.1, -0.05) is 24.3 Å². The minimum atomic E-state index is -0.113. The molecule has 2 aromatic heterocycles. The first kappa shape index (κ1) is 20.7. The summed E-state index contributed by atoms with van der Waals surface area (Å²) in [7, 11) is 1.97. The van der Waals surface area contributed by atoms with Gasteiger partial charge >= 0.3 is 0 Å². The van der Waals surface area contributed by atoms with Gasteiger partial charge in [-0.05, 0) is 42.0 Å². The average molecular weight is 438 g/mol. The quantitative estimate of drug-likeness (QED) is 0.515. The van der Waals surface area contributed by atoms with Crippen molar-refractivity contribution in [2.24, 2.45) is 5.73 Å². The Bertz CT molecular complexity index is 1370. The fourth-order valence-corrected chi connectivity index (χ4v) is 4.16. The number of fused-ring (bicyclic) bond motifs is 1. The molecule has 0 saturated carbocycles. The third-order valence-corrected chi connectivity index (χ3v) is 5.84. The molecule has 1 fully saturated rings. The van der Waals surface area contributed by atoms with Gasteiger partial charge in [0.1, 0.15) is 5.82 Å². The summed E-state index contributed by atoms with van der Waals surface area (Å²) in [6.45, 7) is 1.17. The molecule has 1 aliphatic rings. The van der Waals surface area contributed by atoms with Crippen LogP contribution in [0.1, 0.15) is 17.5 Å². The Kier molecular flexibility index (Phi) is 5.24. The molecule has 8 heteroatoms. The highest BCUT2D eigenvalue weighted by atomic mass is 16.2. The highest BCUT2D eigenvalue weighted by molar-refractivity contribution is 5.96. The minimum absolute atomic E-state index is 0.0553. The summed E-state index contributed by atoms with van der Waals surface area (Å²) < 4.78 is 1.82. The molecule has 2 aromatic carbocycles. The molecule has 0 radical (unpaired) electrons. The molecule has 0 aliphatic carbocycles. The van der Waals surface area contributed by atoms with Gasteiger partial charge in [0, 0.05) is 43.9 Å². The second-order valence-electron chi connectivity index (χ2n) is 8.29. The van der Waals surface area contributed by atoms with Crippen molar-refractivity contribution in [2.75, 3.05) is 23.4 Å². The van der Waals surface area contributed by atoms with Crippen LogP contribution in [0.2, 0.25) is 0 Å². The number of benzene rings is 2. The zero-order chi connectivity index (χ0) is 22.9. The highest BCUT2D eigenvalue weighted by Crippen LogP contribution is 2.27. The van der Waals surface area contributed by atoms with Crippen LogP contribution in [0, 0.1) is 11.3 Å². The lowest BCUT2D eigenvalue weighted by atomic mass is 10.1. The van der Waals surface area contributed by atoms with Gasteiger partial charge in [0.05, 0.1) is 23.5 Å². The van der Waals surface area contributed by atoms with Gasteiger partial charge in [-0.15, -0.1) is 5.10 Å². The highest BCUT2D eigenvalue weighted by Gasteiger charge is 2.28. The van der Waals surface area contributed by atoms with Gasteiger partial charge in [-0.25, -0.2) is 9.50 Å². The standard InChI is InChI=1S/C25H23N7O/c1-30(15-18-4-2-3-17(11-18)13-26)24-10-9-23-28-14-22(32(23)29-24)19-5-7-21(8-6-19)31-16-20(27)12-25(31)33/h2-11,14,20H,12,15-16,27H2,1H3/t20-/m0/s1. The van der Waals surface area contributed by atoms with E-state index in [0.717, 1.165) is 34.0 Å². The van der Waals surface area contributed by atoms with E-state index in [4.69, 9.17) is 16.1 Å². The third kappa shape index (κ3) is 4.02. The lowest BCUT2D eigenvalue weighted by molar-refractivity contribution is -0.117. The van der Waals surface area contributed by atoms with Gasteiger partial charge in [0.2, 0.25) is 5.91 Å². The first-order chi connectivity index (χ1) is 16.0. The van der Waals surface area contributed by atoms with Crippen molar-refractivity contribution < 1.29 is 4.79 Å². The molecule has 33 heavy (non-hydrogen) atoms. The first-order valence-electron chi connectivity index (χ1n) is 10.7. The Morgan fingerprint density at radius 2 is 2.00 bits per heavy atom. The van der Waals surface area contributed by atoms with Crippen LogP contribution >= 0.6 is 0 Å². The fourth-order valence-electron chi connectivity index (χ4n) is 4.16. The number of nitrogens with zero attached hydrogens (tertiary/aromatic N) is 6. The molecule has 1 saturated heterocycles. The van der Waals surface area contributed by atoms with E-state index in [1.165, 1.54) is 0 Å². The van der Waals surface area contributed by atoms with E-state index in [2.05, 4.69) is 11.1 Å². The number of carbonyl (C=O) groups is 1. The van der Waals surface area contributed by atoms with Gasteiger partial charge < -0.3 is 15.5 Å². The van der Waals surface area contributed by atoms with E-state index in [1.807, 2.05) is 71.1 Å². The van der Waals surface area contributed by atoms with Gasteiger partial charge in [-0.3, -0.25) is 4.79 Å². The van der Waals surface area contributed by atoms with E-state index in [-0.39, 0.29) is 11.9 Å². The van der Waals surface area contributed by atoms with Gasteiger partial charge in [0.25, 0.3) is 0 Å². The normalized spacial score (nSPS) is 15.7. The molecular formula is C25H23N7O. The topological polar surface area (TPSA) is 104 Å². The van der Waals surface area contributed by atoms with Crippen molar-refractivity contribution in [1.29, 1.82) is 5.26 Å². The third-order valence-electron chi connectivity index (χ3n) is 5.84. The molecule has 1 aliphatic heterocycles. The zero-order valence-corrected chi connectivity index (χ0v) is 18.2. The van der Waals surface area contributed by atoms with Crippen LogP contribution in [0.5, 0.6) is 0 Å². The second kappa shape index (κ2) is 8.37. The van der Waals surface area contributed by atoms with Crippen LogP contribution < -0.4 is 15.5 Å². The first-order valence-corrected chi connectivity index (χ1v) is 10.7. The lowest BCUT2D eigenvalue weighted by Gasteiger charge is -2.19. The Hall–Kier alpha value is -4.22. The zero-order valence-electron chi connectivity index (χ0n) is 18.2. The Labute approximate surface area is 191 Å². The molecule has 4 aromatic rings. The second-order valence-corrected chi connectivity index (χ2v) is 8.29. The summed E-state index contributed by atoms with van der Waals surface area (Å²) >= 11 is 0.